The SMILES string of the molecule is COc1ccccc1CNC(=O)C[C@H]1N=C2c3ccccc3N=C(SCC(=O)N3CCN(c4ccccc4)CC3)N2C1=O. The molecule has 220 valence electrons. The van der Waals surface area contributed by atoms with Gasteiger partial charge in [0, 0.05) is 49.5 Å². The Morgan fingerprint density at radius 3 is 2.47 bits per heavy atom. The van der Waals surface area contributed by atoms with E-state index in [2.05, 4.69) is 27.3 Å². The van der Waals surface area contributed by atoms with E-state index in [0.29, 0.717) is 35.5 Å². The smallest absolute Gasteiger partial charge is 0.259 e. The Morgan fingerprint density at radius 1 is 0.953 bits per heavy atom. The van der Waals surface area contributed by atoms with Crippen LogP contribution in [0.2, 0.25) is 0 Å². The summed E-state index contributed by atoms with van der Waals surface area (Å²) in [5.74, 6) is 0.665. The lowest BCUT2D eigenvalue weighted by Crippen LogP contribution is -2.49. The number of hydrogen-bond acceptors (Lipinski definition) is 8. The second kappa shape index (κ2) is 12.7. The van der Waals surface area contributed by atoms with Crippen molar-refractivity contribution in [1.82, 2.24) is 15.1 Å². The number of anilines is 1. The molecule has 3 aliphatic rings. The number of nitrogens with zero attached hydrogens (tertiary/aromatic N) is 5. The number of benzene rings is 3. The van der Waals surface area contributed by atoms with Crippen LogP contribution in [-0.4, -0.2) is 83.6 Å². The molecule has 6 rings (SSSR count). The number of para-hydroxylation sites is 3. The molecule has 43 heavy (non-hydrogen) atoms. The Bertz CT molecular complexity index is 1590. The van der Waals surface area contributed by atoms with Gasteiger partial charge in [0.15, 0.2) is 5.17 Å². The molecule has 1 fully saturated rings. The number of aliphatic imine (C=N–C) groups is 2. The maximum absolute atomic E-state index is 13.6. The van der Waals surface area contributed by atoms with Gasteiger partial charge in [-0.15, -0.1) is 0 Å². The van der Waals surface area contributed by atoms with Crippen molar-refractivity contribution in [3.8, 4) is 5.75 Å². The number of rotatable bonds is 8. The molecule has 1 saturated heterocycles. The van der Waals surface area contributed by atoms with E-state index in [1.54, 1.807) is 7.11 Å². The number of nitrogens with one attached hydrogen (secondary N) is 1. The largest absolute Gasteiger partial charge is 0.496 e. The molecule has 11 heteroatoms. The number of piperazine rings is 1. The zero-order valence-corrected chi connectivity index (χ0v) is 24.6. The van der Waals surface area contributed by atoms with Gasteiger partial charge in [-0.1, -0.05) is 60.3 Å². The highest BCUT2D eigenvalue weighted by molar-refractivity contribution is 8.14. The van der Waals surface area contributed by atoms with Gasteiger partial charge in [0.25, 0.3) is 5.91 Å². The molecule has 3 aromatic carbocycles. The molecular formula is C32H32N6O4S. The second-order valence-electron chi connectivity index (χ2n) is 10.3. The predicted octanol–water partition coefficient (Wildman–Crippen LogP) is 3.44. The molecule has 3 amide bonds. The number of amides is 3. The fourth-order valence-corrected chi connectivity index (χ4v) is 6.30. The van der Waals surface area contributed by atoms with Gasteiger partial charge in [-0.05, 0) is 30.3 Å². The monoisotopic (exact) mass is 596 g/mol. The van der Waals surface area contributed by atoms with Crippen molar-refractivity contribution in [2.24, 2.45) is 9.98 Å². The van der Waals surface area contributed by atoms with E-state index >= 15 is 0 Å². The number of amidine groups is 2. The lowest BCUT2D eigenvalue weighted by molar-refractivity contribution is -0.129. The van der Waals surface area contributed by atoms with Crippen LogP contribution in [0.5, 0.6) is 5.75 Å². The van der Waals surface area contributed by atoms with Crippen LogP contribution in [0, 0.1) is 0 Å². The van der Waals surface area contributed by atoms with Crippen LogP contribution < -0.4 is 15.0 Å². The van der Waals surface area contributed by atoms with E-state index in [4.69, 9.17) is 9.73 Å². The van der Waals surface area contributed by atoms with Crippen molar-refractivity contribution in [2.45, 2.75) is 19.0 Å². The predicted molar refractivity (Wildman–Crippen MR) is 168 cm³/mol. The number of carbonyl (C=O) groups is 3. The first-order valence-electron chi connectivity index (χ1n) is 14.2. The van der Waals surface area contributed by atoms with Crippen molar-refractivity contribution in [3.63, 3.8) is 0 Å². The van der Waals surface area contributed by atoms with E-state index < -0.39 is 6.04 Å². The number of methoxy groups -OCH3 is 1. The molecular weight excluding hydrogens is 564 g/mol. The normalized spacial score (nSPS) is 17.6. The number of carbonyl (C=O) groups excluding carboxylic acids is 3. The number of fused-ring (bicyclic) bond motifs is 3. The minimum atomic E-state index is -0.883. The topological polar surface area (TPSA) is 107 Å². The van der Waals surface area contributed by atoms with Crippen molar-refractivity contribution >= 4 is 51.9 Å². The van der Waals surface area contributed by atoms with Crippen molar-refractivity contribution in [1.29, 1.82) is 0 Å². The molecule has 0 bridgehead atoms. The Balaban J connectivity index is 1.10. The number of hydrogen-bond donors (Lipinski definition) is 1. The first-order chi connectivity index (χ1) is 21.0. The quantitative estimate of drug-likeness (QED) is 0.427. The van der Waals surface area contributed by atoms with E-state index in [1.165, 1.54) is 16.7 Å². The molecule has 0 spiro atoms. The molecule has 3 aliphatic heterocycles. The van der Waals surface area contributed by atoms with E-state index in [0.717, 1.165) is 29.9 Å². The van der Waals surface area contributed by atoms with Gasteiger partial charge in [0.05, 0.1) is 25.0 Å². The first-order valence-corrected chi connectivity index (χ1v) is 15.2. The summed E-state index contributed by atoms with van der Waals surface area (Å²) in [4.78, 5) is 54.7. The van der Waals surface area contributed by atoms with E-state index in [1.807, 2.05) is 71.6 Å². The number of ether oxygens (including phenoxy) is 1. The minimum Gasteiger partial charge on any atom is -0.496 e. The van der Waals surface area contributed by atoms with Crippen LogP contribution in [-0.2, 0) is 20.9 Å². The Hall–Kier alpha value is -4.64. The third kappa shape index (κ3) is 6.12. The summed E-state index contributed by atoms with van der Waals surface area (Å²) < 4.78 is 5.36. The van der Waals surface area contributed by atoms with Gasteiger partial charge < -0.3 is 19.9 Å². The summed E-state index contributed by atoms with van der Waals surface area (Å²) in [6.45, 7) is 3.06. The fraction of sp³-hybridized carbons (Fsp3) is 0.281. The lowest BCUT2D eigenvalue weighted by Gasteiger charge is -2.36. The van der Waals surface area contributed by atoms with Gasteiger partial charge in [-0.3, -0.25) is 19.4 Å². The zero-order chi connectivity index (χ0) is 29.8. The summed E-state index contributed by atoms with van der Waals surface area (Å²) in [5.41, 5.74) is 3.39. The summed E-state index contributed by atoms with van der Waals surface area (Å²) in [6.07, 6.45) is -0.0985. The highest BCUT2D eigenvalue weighted by Gasteiger charge is 2.42. The van der Waals surface area contributed by atoms with Crippen LogP contribution in [0.1, 0.15) is 17.5 Å². The van der Waals surface area contributed by atoms with Crippen LogP contribution in [0.3, 0.4) is 0 Å². The highest BCUT2D eigenvalue weighted by Crippen LogP contribution is 2.34. The van der Waals surface area contributed by atoms with Crippen molar-refractivity contribution < 1.29 is 19.1 Å². The van der Waals surface area contributed by atoms with Crippen LogP contribution in [0.4, 0.5) is 11.4 Å². The highest BCUT2D eigenvalue weighted by atomic mass is 32.2. The molecule has 1 N–H and O–H groups in total. The van der Waals surface area contributed by atoms with Crippen LogP contribution >= 0.6 is 11.8 Å². The van der Waals surface area contributed by atoms with Gasteiger partial charge in [0.2, 0.25) is 11.8 Å². The summed E-state index contributed by atoms with van der Waals surface area (Å²) in [5, 5.41) is 3.27. The summed E-state index contributed by atoms with van der Waals surface area (Å²) >= 11 is 1.23. The molecule has 0 unspecified atom stereocenters. The molecule has 0 radical (unpaired) electrons. The first kappa shape index (κ1) is 28.5. The van der Waals surface area contributed by atoms with Gasteiger partial charge >= 0.3 is 0 Å². The zero-order valence-electron chi connectivity index (χ0n) is 23.8. The molecule has 3 aromatic rings. The molecule has 0 saturated carbocycles. The average Bonchev–Trinajstić information content (AvgIpc) is 3.38. The third-order valence-electron chi connectivity index (χ3n) is 7.67. The Kier molecular flexibility index (Phi) is 8.41. The van der Waals surface area contributed by atoms with Crippen LogP contribution in [0.15, 0.2) is 88.8 Å². The third-order valence-corrected chi connectivity index (χ3v) is 8.60. The Morgan fingerprint density at radius 2 is 1.67 bits per heavy atom. The number of thioether (sulfide) groups is 1. The maximum atomic E-state index is 13.6. The lowest BCUT2D eigenvalue weighted by atomic mass is 10.1. The fourth-order valence-electron chi connectivity index (χ4n) is 5.39. The maximum Gasteiger partial charge on any atom is 0.259 e. The molecule has 3 heterocycles. The van der Waals surface area contributed by atoms with E-state index in [9.17, 15) is 14.4 Å². The van der Waals surface area contributed by atoms with E-state index in [-0.39, 0.29) is 36.4 Å². The minimum absolute atomic E-state index is 0.00308. The summed E-state index contributed by atoms with van der Waals surface area (Å²) in [7, 11) is 1.58. The van der Waals surface area contributed by atoms with Crippen molar-refractivity contribution in [3.05, 3.63) is 90.0 Å². The van der Waals surface area contributed by atoms with Gasteiger partial charge in [-0.25, -0.2) is 9.89 Å². The average molecular weight is 597 g/mol. The van der Waals surface area contributed by atoms with Crippen LogP contribution in [0.25, 0.3) is 0 Å². The molecule has 0 aliphatic carbocycles. The van der Waals surface area contributed by atoms with Gasteiger partial charge in [0.1, 0.15) is 17.6 Å². The Labute approximate surface area is 254 Å². The van der Waals surface area contributed by atoms with Gasteiger partial charge in [-0.2, -0.15) is 0 Å². The second-order valence-corrected chi connectivity index (χ2v) is 11.3. The van der Waals surface area contributed by atoms with Crippen molar-refractivity contribution in [2.75, 3.05) is 43.9 Å². The summed E-state index contributed by atoms with van der Waals surface area (Å²) in [6, 6.07) is 24.2. The molecule has 10 nitrogen and oxygen atoms in total. The molecule has 0 aromatic heterocycles. The standard InChI is InChI=1S/C32H32N6O4S/c1-42-27-14-8-5-9-22(27)20-33-28(39)19-26-31(41)38-30(34-26)24-12-6-7-13-25(24)35-32(38)43-21-29(40)37-17-15-36(16-18-37)23-10-3-2-4-11-23/h2-14,26H,15-21H2,1H3,(H,33,39)/t26-/m1/s1. The molecule has 1 atom stereocenters.